The number of sulfonamides is 1. The van der Waals surface area contributed by atoms with Crippen LogP contribution in [-0.4, -0.2) is 33.5 Å². The summed E-state index contributed by atoms with van der Waals surface area (Å²) in [7, 11) is -2.41. The molecule has 0 radical (unpaired) electrons. The fourth-order valence-electron chi connectivity index (χ4n) is 2.06. The van der Waals surface area contributed by atoms with E-state index in [0.717, 1.165) is 6.42 Å². The third-order valence-electron chi connectivity index (χ3n) is 3.16. The number of amides is 1. The molecule has 0 aliphatic rings. The number of ether oxygens (including phenoxy) is 1. The zero-order chi connectivity index (χ0) is 18.5. The van der Waals surface area contributed by atoms with Crippen molar-refractivity contribution in [2.24, 2.45) is 5.92 Å². The summed E-state index contributed by atoms with van der Waals surface area (Å²) in [5.74, 6) is 0.379. The van der Waals surface area contributed by atoms with Crippen molar-refractivity contribution in [3.8, 4) is 5.75 Å². The van der Waals surface area contributed by atoms with Crippen molar-refractivity contribution < 1.29 is 17.9 Å². The minimum absolute atomic E-state index is 0.0450. The number of carbonyl (C=O) groups is 1. The van der Waals surface area contributed by atoms with Crippen molar-refractivity contribution in [1.82, 2.24) is 10.0 Å². The van der Waals surface area contributed by atoms with E-state index in [9.17, 15) is 13.2 Å². The highest BCUT2D eigenvalue weighted by Gasteiger charge is 2.26. The molecule has 136 valence electrons. The first-order valence-electron chi connectivity index (χ1n) is 7.96. The highest BCUT2D eigenvalue weighted by molar-refractivity contribution is 7.89. The van der Waals surface area contributed by atoms with Gasteiger partial charge in [-0.25, -0.2) is 13.1 Å². The first-order chi connectivity index (χ1) is 11.0. The molecule has 0 fully saturated rings. The van der Waals surface area contributed by atoms with Gasteiger partial charge in [-0.05, 0) is 51.3 Å². The summed E-state index contributed by atoms with van der Waals surface area (Å²) >= 11 is 0. The van der Waals surface area contributed by atoms with Crippen LogP contribution in [0.15, 0.2) is 23.1 Å². The summed E-state index contributed by atoms with van der Waals surface area (Å²) in [5, 5.41) is 2.80. The van der Waals surface area contributed by atoms with E-state index in [0.29, 0.717) is 12.5 Å². The molecule has 1 rings (SSSR count). The van der Waals surface area contributed by atoms with E-state index in [1.54, 1.807) is 26.8 Å². The van der Waals surface area contributed by atoms with E-state index in [1.165, 1.54) is 19.2 Å². The molecule has 6 nitrogen and oxygen atoms in total. The number of methoxy groups -OCH3 is 1. The van der Waals surface area contributed by atoms with Crippen molar-refractivity contribution in [2.45, 2.75) is 51.5 Å². The van der Waals surface area contributed by atoms with Gasteiger partial charge in [-0.3, -0.25) is 4.79 Å². The molecular weight excluding hydrogens is 328 g/mol. The summed E-state index contributed by atoms with van der Waals surface area (Å²) < 4.78 is 32.9. The summed E-state index contributed by atoms with van der Waals surface area (Å²) in [6, 6.07) is 4.39. The minimum Gasteiger partial charge on any atom is -0.495 e. The Morgan fingerprint density at radius 2 is 1.88 bits per heavy atom. The molecule has 0 bridgehead atoms. The van der Waals surface area contributed by atoms with E-state index in [4.69, 9.17) is 4.74 Å². The van der Waals surface area contributed by atoms with Gasteiger partial charge >= 0.3 is 0 Å². The number of rotatable bonds is 7. The number of carbonyl (C=O) groups excluding carboxylic acids is 1. The first-order valence-corrected chi connectivity index (χ1v) is 9.45. The second-order valence-corrected chi connectivity index (χ2v) is 8.81. The van der Waals surface area contributed by atoms with Gasteiger partial charge in [0.2, 0.25) is 10.0 Å². The number of nitrogens with one attached hydrogen (secondary N) is 2. The van der Waals surface area contributed by atoms with Crippen LogP contribution in [0.3, 0.4) is 0 Å². The van der Waals surface area contributed by atoms with Crippen molar-refractivity contribution in [2.75, 3.05) is 13.7 Å². The molecule has 7 heteroatoms. The Balaban J connectivity index is 3.10. The van der Waals surface area contributed by atoms with Gasteiger partial charge in [-0.2, -0.15) is 0 Å². The van der Waals surface area contributed by atoms with Crippen molar-refractivity contribution in [3.05, 3.63) is 23.8 Å². The predicted molar refractivity (Wildman–Crippen MR) is 94.9 cm³/mol. The van der Waals surface area contributed by atoms with Crippen LogP contribution in [0.25, 0.3) is 0 Å². The lowest BCUT2D eigenvalue weighted by Crippen LogP contribution is -2.40. The third kappa shape index (κ3) is 6.13. The van der Waals surface area contributed by atoms with E-state index in [-0.39, 0.29) is 22.1 Å². The molecule has 1 aromatic rings. The van der Waals surface area contributed by atoms with Gasteiger partial charge in [0.25, 0.3) is 5.91 Å². The van der Waals surface area contributed by atoms with Crippen LogP contribution in [0, 0.1) is 5.92 Å². The zero-order valence-corrected chi connectivity index (χ0v) is 16.1. The highest BCUT2D eigenvalue weighted by Crippen LogP contribution is 2.26. The van der Waals surface area contributed by atoms with Crippen molar-refractivity contribution in [1.29, 1.82) is 0 Å². The second kappa shape index (κ2) is 7.98. The van der Waals surface area contributed by atoms with Crippen LogP contribution in [-0.2, 0) is 10.0 Å². The molecule has 0 saturated heterocycles. The van der Waals surface area contributed by atoms with Crippen LogP contribution in [0.1, 0.15) is 51.4 Å². The quantitative estimate of drug-likeness (QED) is 0.786. The summed E-state index contributed by atoms with van der Waals surface area (Å²) in [4.78, 5) is 12.2. The molecule has 0 saturated carbocycles. The van der Waals surface area contributed by atoms with E-state index in [2.05, 4.69) is 23.9 Å². The standard InChI is InChI=1S/C17H28N2O4S/c1-12(2)9-10-18-16(20)13-7-8-14(23-6)15(11-13)24(21,22)19-17(3,4)5/h7-8,11-12,19H,9-10H2,1-6H3,(H,18,20). The molecule has 0 atom stereocenters. The molecule has 2 N–H and O–H groups in total. The Morgan fingerprint density at radius 1 is 1.25 bits per heavy atom. The zero-order valence-electron chi connectivity index (χ0n) is 15.3. The van der Waals surface area contributed by atoms with Crippen molar-refractivity contribution in [3.63, 3.8) is 0 Å². The minimum atomic E-state index is -3.81. The molecule has 1 aromatic carbocycles. The number of benzene rings is 1. The molecular formula is C17H28N2O4S. The Morgan fingerprint density at radius 3 is 2.38 bits per heavy atom. The molecule has 1 amide bonds. The van der Waals surface area contributed by atoms with Gasteiger partial charge in [-0.1, -0.05) is 13.8 Å². The Kier molecular flexibility index (Phi) is 6.80. The van der Waals surface area contributed by atoms with Gasteiger partial charge < -0.3 is 10.1 Å². The molecule has 0 spiro atoms. The van der Waals surface area contributed by atoms with Crippen molar-refractivity contribution >= 4 is 15.9 Å². The van der Waals surface area contributed by atoms with Gasteiger partial charge in [0.1, 0.15) is 10.6 Å². The van der Waals surface area contributed by atoms with E-state index >= 15 is 0 Å². The van der Waals surface area contributed by atoms with Gasteiger partial charge in [0, 0.05) is 17.6 Å². The maximum Gasteiger partial charge on any atom is 0.251 e. The fraction of sp³-hybridized carbons (Fsp3) is 0.588. The molecule has 0 heterocycles. The lowest BCUT2D eigenvalue weighted by atomic mass is 10.1. The van der Waals surface area contributed by atoms with Gasteiger partial charge in [-0.15, -0.1) is 0 Å². The molecule has 0 aliphatic carbocycles. The average molecular weight is 356 g/mol. The van der Waals surface area contributed by atoms with Crippen LogP contribution in [0.4, 0.5) is 0 Å². The Bertz CT molecular complexity index is 676. The van der Waals surface area contributed by atoms with Crippen LogP contribution < -0.4 is 14.8 Å². The van der Waals surface area contributed by atoms with Crippen LogP contribution in [0.5, 0.6) is 5.75 Å². The Hall–Kier alpha value is -1.60. The number of hydrogen-bond acceptors (Lipinski definition) is 4. The number of hydrogen-bond donors (Lipinski definition) is 2. The largest absolute Gasteiger partial charge is 0.495 e. The van der Waals surface area contributed by atoms with Gasteiger partial charge in [0.15, 0.2) is 0 Å². The van der Waals surface area contributed by atoms with Gasteiger partial charge in [0.05, 0.1) is 7.11 Å². The lowest BCUT2D eigenvalue weighted by Gasteiger charge is -2.21. The lowest BCUT2D eigenvalue weighted by molar-refractivity contribution is 0.0951. The normalized spacial score (nSPS) is 12.3. The molecule has 0 aliphatic heterocycles. The monoisotopic (exact) mass is 356 g/mol. The topological polar surface area (TPSA) is 84.5 Å². The highest BCUT2D eigenvalue weighted by atomic mass is 32.2. The first kappa shape index (κ1) is 20.4. The van der Waals surface area contributed by atoms with Crippen LogP contribution in [0.2, 0.25) is 0 Å². The summed E-state index contributed by atoms with van der Waals surface area (Å²) in [6.07, 6.45) is 0.860. The van der Waals surface area contributed by atoms with E-state index < -0.39 is 15.6 Å². The summed E-state index contributed by atoms with van der Waals surface area (Å²) in [5.41, 5.74) is -0.354. The van der Waals surface area contributed by atoms with Crippen LogP contribution >= 0.6 is 0 Å². The van der Waals surface area contributed by atoms with E-state index in [1.807, 2.05) is 0 Å². The molecule has 0 unspecified atom stereocenters. The third-order valence-corrected chi connectivity index (χ3v) is 4.94. The second-order valence-electron chi connectivity index (χ2n) is 7.16. The summed E-state index contributed by atoms with van der Waals surface area (Å²) in [6.45, 7) is 9.94. The maximum absolute atomic E-state index is 12.6. The smallest absolute Gasteiger partial charge is 0.251 e. The molecule has 0 aromatic heterocycles. The Labute approximate surface area is 145 Å². The predicted octanol–water partition coefficient (Wildman–Crippen LogP) is 2.55. The fourth-order valence-corrected chi connectivity index (χ4v) is 3.68. The molecule has 24 heavy (non-hydrogen) atoms. The maximum atomic E-state index is 12.6. The average Bonchev–Trinajstić information content (AvgIpc) is 2.43. The SMILES string of the molecule is COc1ccc(C(=O)NCCC(C)C)cc1S(=O)(=O)NC(C)(C)C.